The van der Waals surface area contributed by atoms with E-state index in [9.17, 15) is 13.2 Å². The Morgan fingerprint density at radius 2 is 2.00 bits per heavy atom. The summed E-state index contributed by atoms with van der Waals surface area (Å²) in [7, 11) is -3.71. The number of benzene rings is 1. The Balaban J connectivity index is 2.64. The molecular weight excluding hydrogens is 266 g/mol. The van der Waals surface area contributed by atoms with E-state index < -0.39 is 22.0 Å². The van der Waals surface area contributed by atoms with Crippen molar-refractivity contribution in [3.8, 4) is 6.07 Å². The average Bonchev–Trinajstić information content (AvgIpc) is 2.39. The number of amides is 1. The third-order valence-electron chi connectivity index (χ3n) is 2.31. The van der Waals surface area contributed by atoms with Gasteiger partial charge in [0.15, 0.2) is 0 Å². The van der Waals surface area contributed by atoms with Crippen LogP contribution in [0.15, 0.2) is 35.2 Å². The summed E-state index contributed by atoms with van der Waals surface area (Å²) in [5, 5.41) is 10.8. The Kier molecular flexibility index (Phi) is 5.48. The molecule has 1 aromatic carbocycles. The normalized spacial score (nSPS) is 12.4. The summed E-state index contributed by atoms with van der Waals surface area (Å²) < 4.78 is 26.1. The summed E-state index contributed by atoms with van der Waals surface area (Å²) in [6.45, 7) is 1.65. The molecule has 0 radical (unpaired) electrons. The third-order valence-corrected chi connectivity index (χ3v) is 3.87. The molecule has 0 saturated heterocycles. The molecule has 0 aliphatic heterocycles. The Morgan fingerprint density at radius 1 is 1.37 bits per heavy atom. The monoisotopic (exact) mass is 281 g/mol. The highest BCUT2D eigenvalue weighted by Gasteiger charge is 2.21. The maximum Gasteiger partial charge on any atom is 0.241 e. The lowest BCUT2D eigenvalue weighted by Gasteiger charge is -2.13. The largest absolute Gasteiger partial charge is 0.354 e. The third kappa shape index (κ3) is 4.69. The van der Waals surface area contributed by atoms with Crippen molar-refractivity contribution in [2.24, 2.45) is 0 Å². The molecule has 0 aromatic heterocycles. The maximum absolute atomic E-state index is 11.9. The van der Waals surface area contributed by atoms with Crippen LogP contribution in [0.4, 0.5) is 0 Å². The van der Waals surface area contributed by atoms with Crippen LogP contribution in [-0.2, 0) is 14.8 Å². The van der Waals surface area contributed by atoms with Gasteiger partial charge in [-0.15, -0.1) is 0 Å². The van der Waals surface area contributed by atoms with Crippen molar-refractivity contribution >= 4 is 15.9 Å². The lowest BCUT2D eigenvalue weighted by Crippen LogP contribution is -2.44. The Bertz CT molecular complexity index is 564. The van der Waals surface area contributed by atoms with Crippen LogP contribution >= 0.6 is 0 Å². The summed E-state index contributed by atoms with van der Waals surface area (Å²) in [5.41, 5.74) is 0. The van der Waals surface area contributed by atoms with Crippen LogP contribution in [0.1, 0.15) is 13.3 Å². The van der Waals surface area contributed by atoms with E-state index in [0.717, 1.165) is 0 Å². The highest BCUT2D eigenvalue weighted by atomic mass is 32.2. The number of hydrogen-bond acceptors (Lipinski definition) is 4. The van der Waals surface area contributed by atoms with Crippen molar-refractivity contribution in [1.29, 1.82) is 5.26 Å². The highest BCUT2D eigenvalue weighted by molar-refractivity contribution is 7.89. The van der Waals surface area contributed by atoms with Gasteiger partial charge in [-0.1, -0.05) is 18.2 Å². The van der Waals surface area contributed by atoms with E-state index in [1.165, 1.54) is 19.1 Å². The predicted octanol–water partition coefficient (Wildman–Crippen LogP) is 0.383. The molecule has 1 rings (SSSR count). The molecule has 0 spiro atoms. The van der Waals surface area contributed by atoms with Gasteiger partial charge in [0.05, 0.1) is 23.4 Å². The van der Waals surface area contributed by atoms with Crippen LogP contribution in [0.3, 0.4) is 0 Å². The van der Waals surface area contributed by atoms with Crippen LogP contribution in [0, 0.1) is 11.3 Å². The molecule has 6 nitrogen and oxygen atoms in total. The summed E-state index contributed by atoms with van der Waals surface area (Å²) in [4.78, 5) is 11.7. The lowest BCUT2D eigenvalue weighted by atomic mass is 10.3. The molecule has 1 atom stereocenters. The number of nitrogens with one attached hydrogen (secondary N) is 2. The van der Waals surface area contributed by atoms with Crippen LogP contribution in [0.5, 0.6) is 0 Å². The van der Waals surface area contributed by atoms with Gasteiger partial charge < -0.3 is 5.32 Å². The van der Waals surface area contributed by atoms with Crippen molar-refractivity contribution < 1.29 is 13.2 Å². The second kappa shape index (κ2) is 6.87. The minimum absolute atomic E-state index is 0.103. The zero-order valence-corrected chi connectivity index (χ0v) is 11.3. The fourth-order valence-corrected chi connectivity index (χ4v) is 2.57. The molecule has 102 valence electrons. The van der Waals surface area contributed by atoms with Crippen molar-refractivity contribution in [2.45, 2.75) is 24.3 Å². The SMILES string of the molecule is CC(NS(=O)(=O)c1ccccc1)C(=O)NCCC#N. The molecule has 19 heavy (non-hydrogen) atoms. The van der Waals surface area contributed by atoms with E-state index in [0.29, 0.717) is 0 Å². The highest BCUT2D eigenvalue weighted by Crippen LogP contribution is 2.07. The Hall–Kier alpha value is -1.91. The molecule has 0 bridgehead atoms. The predicted molar refractivity (Wildman–Crippen MR) is 69.5 cm³/mol. The molecule has 2 N–H and O–H groups in total. The maximum atomic E-state index is 11.9. The first-order valence-corrected chi connectivity index (χ1v) is 7.17. The van der Waals surface area contributed by atoms with Gasteiger partial charge in [-0.2, -0.15) is 9.98 Å². The van der Waals surface area contributed by atoms with Gasteiger partial charge in [0, 0.05) is 6.54 Å². The average molecular weight is 281 g/mol. The van der Waals surface area contributed by atoms with Crippen LogP contribution in [0.2, 0.25) is 0 Å². The number of sulfonamides is 1. The minimum atomic E-state index is -3.71. The molecule has 0 fully saturated rings. The van der Waals surface area contributed by atoms with Crippen LogP contribution in [-0.4, -0.2) is 26.9 Å². The molecule has 0 saturated carbocycles. The minimum Gasteiger partial charge on any atom is -0.354 e. The van der Waals surface area contributed by atoms with E-state index >= 15 is 0 Å². The second-order valence-corrected chi connectivity index (χ2v) is 5.57. The molecule has 0 aliphatic carbocycles. The van der Waals surface area contributed by atoms with Gasteiger partial charge in [0.2, 0.25) is 15.9 Å². The summed E-state index contributed by atoms with van der Waals surface area (Å²) in [6, 6.07) is 8.79. The number of carbonyl (C=O) groups excluding carboxylic acids is 1. The number of nitriles is 1. The van der Waals surface area contributed by atoms with Crippen molar-refractivity contribution in [3.05, 3.63) is 30.3 Å². The fourth-order valence-electron chi connectivity index (χ4n) is 1.35. The summed E-state index contributed by atoms with van der Waals surface area (Å²) in [5.74, 6) is -0.463. The molecule has 0 heterocycles. The number of hydrogen-bond donors (Lipinski definition) is 2. The van der Waals surface area contributed by atoms with Crippen LogP contribution < -0.4 is 10.0 Å². The van der Waals surface area contributed by atoms with E-state index in [-0.39, 0.29) is 17.9 Å². The fraction of sp³-hybridized carbons (Fsp3) is 0.333. The van der Waals surface area contributed by atoms with Gasteiger partial charge in [-0.3, -0.25) is 4.79 Å². The van der Waals surface area contributed by atoms with Gasteiger partial charge in [-0.05, 0) is 19.1 Å². The zero-order chi connectivity index (χ0) is 14.3. The lowest BCUT2D eigenvalue weighted by molar-refractivity contribution is -0.122. The molecule has 1 amide bonds. The van der Waals surface area contributed by atoms with Gasteiger partial charge in [-0.25, -0.2) is 8.42 Å². The van der Waals surface area contributed by atoms with E-state index in [4.69, 9.17) is 5.26 Å². The number of carbonyl (C=O) groups is 1. The number of nitrogens with zero attached hydrogens (tertiary/aromatic N) is 1. The Labute approximate surface area is 112 Å². The first kappa shape index (κ1) is 15.1. The van der Waals surface area contributed by atoms with E-state index in [1.54, 1.807) is 18.2 Å². The van der Waals surface area contributed by atoms with Crippen molar-refractivity contribution in [1.82, 2.24) is 10.0 Å². The van der Waals surface area contributed by atoms with Gasteiger partial charge in [0.1, 0.15) is 0 Å². The first-order valence-electron chi connectivity index (χ1n) is 5.69. The van der Waals surface area contributed by atoms with E-state index in [2.05, 4.69) is 10.0 Å². The Morgan fingerprint density at radius 3 is 2.58 bits per heavy atom. The number of rotatable bonds is 6. The molecular formula is C12H15N3O3S. The van der Waals surface area contributed by atoms with Gasteiger partial charge in [0.25, 0.3) is 0 Å². The summed E-state index contributed by atoms with van der Waals surface area (Å²) >= 11 is 0. The molecule has 1 aromatic rings. The first-order chi connectivity index (χ1) is 8.97. The summed E-state index contributed by atoms with van der Waals surface area (Å²) in [6.07, 6.45) is 0.184. The molecule has 0 aliphatic rings. The zero-order valence-electron chi connectivity index (χ0n) is 10.5. The van der Waals surface area contributed by atoms with Crippen molar-refractivity contribution in [3.63, 3.8) is 0 Å². The van der Waals surface area contributed by atoms with Crippen molar-refractivity contribution in [2.75, 3.05) is 6.54 Å². The van der Waals surface area contributed by atoms with Gasteiger partial charge >= 0.3 is 0 Å². The van der Waals surface area contributed by atoms with Crippen LogP contribution in [0.25, 0.3) is 0 Å². The van der Waals surface area contributed by atoms with E-state index in [1.807, 2.05) is 6.07 Å². The quantitative estimate of drug-likeness (QED) is 0.736. The smallest absolute Gasteiger partial charge is 0.241 e. The molecule has 7 heteroatoms. The topological polar surface area (TPSA) is 99.1 Å². The standard InChI is InChI=1S/C12H15N3O3S/c1-10(12(16)14-9-5-8-13)15-19(17,18)11-6-3-2-4-7-11/h2-4,6-7,10,15H,5,9H2,1H3,(H,14,16). The molecule has 1 unspecified atom stereocenters. The second-order valence-electron chi connectivity index (χ2n) is 3.86.